The van der Waals surface area contributed by atoms with Crippen LogP contribution in [0.5, 0.6) is 0 Å². The molecule has 0 bridgehead atoms. The maximum atomic E-state index is 13.0. The second kappa shape index (κ2) is 8.06. The summed E-state index contributed by atoms with van der Waals surface area (Å²) in [5.41, 5.74) is 0.778. The normalized spacial score (nSPS) is 18.5. The first-order valence-electron chi connectivity index (χ1n) is 7.88. The van der Waals surface area contributed by atoms with Crippen LogP contribution in [0.25, 0.3) is 0 Å². The topological polar surface area (TPSA) is 58.6 Å². The molecule has 0 unspecified atom stereocenters. The number of ether oxygens (including phenoxy) is 1. The largest absolute Gasteiger partial charge is 0.376 e. The number of hydrogen-bond donors (Lipinski definition) is 1. The van der Waals surface area contributed by atoms with Crippen molar-refractivity contribution in [1.29, 1.82) is 0 Å². The number of carbonyl (C=O) groups is 2. The maximum absolute atomic E-state index is 13.0. The number of carbonyl (C=O) groups excluding carboxylic acids is 2. The predicted molar refractivity (Wildman–Crippen MR) is 84.1 cm³/mol. The van der Waals surface area contributed by atoms with Gasteiger partial charge in [0.1, 0.15) is 11.9 Å². The van der Waals surface area contributed by atoms with Crippen molar-refractivity contribution in [2.45, 2.75) is 45.4 Å². The van der Waals surface area contributed by atoms with Gasteiger partial charge in [-0.05, 0) is 37.5 Å². The van der Waals surface area contributed by atoms with Crippen LogP contribution in [-0.2, 0) is 20.9 Å². The number of amides is 2. The molecule has 2 atom stereocenters. The van der Waals surface area contributed by atoms with E-state index in [4.69, 9.17) is 4.74 Å². The van der Waals surface area contributed by atoms with Crippen molar-refractivity contribution in [3.8, 4) is 0 Å². The molecule has 1 aromatic carbocycles. The standard InChI is InChI=1S/C17H23FN2O3/c1-12(17(22)19-10-16-4-3-9-23-16)20(13(2)21)11-14-5-7-15(18)8-6-14/h5-8,12,16H,3-4,9-11H2,1-2H3,(H,19,22)/t12-,16-/m0/s1. The summed E-state index contributed by atoms with van der Waals surface area (Å²) in [6.45, 7) is 4.58. The highest BCUT2D eigenvalue weighted by Crippen LogP contribution is 2.12. The Kier molecular flexibility index (Phi) is 6.10. The molecular formula is C17H23FN2O3. The molecule has 1 heterocycles. The van der Waals surface area contributed by atoms with Crippen molar-refractivity contribution in [1.82, 2.24) is 10.2 Å². The lowest BCUT2D eigenvalue weighted by Crippen LogP contribution is -2.48. The Morgan fingerprint density at radius 3 is 2.65 bits per heavy atom. The van der Waals surface area contributed by atoms with Crippen LogP contribution in [0.1, 0.15) is 32.3 Å². The average Bonchev–Trinajstić information content (AvgIpc) is 3.04. The molecule has 6 heteroatoms. The van der Waals surface area contributed by atoms with E-state index in [2.05, 4.69) is 5.32 Å². The molecule has 1 fully saturated rings. The van der Waals surface area contributed by atoms with E-state index < -0.39 is 6.04 Å². The predicted octanol–water partition coefficient (Wildman–Crippen LogP) is 1.86. The molecule has 23 heavy (non-hydrogen) atoms. The van der Waals surface area contributed by atoms with Gasteiger partial charge in [-0.3, -0.25) is 9.59 Å². The first kappa shape index (κ1) is 17.4. The van der Waals surface area contributed by atoms with Crippen LogP contribution in [0.4, 0.5) is 4.39 Å². The van der Waals surface area contributed by atoms with E-state index >= 15 is 0 Å². The lowest BCUT2D eigenvalue weighted by atomic mass is 10.1. The molecule has 126 valence electrons. The monoisotopic (exact) mass is 322 g/mol. The molecule has 1 saturated heterocycles. The Balaban J connectivity index is 1.93. The van der Waals surface area contributed by atoms with Crippen LogP contribution in [0, 0.1) is 5.82 Å². The number of benzene rings is 1. The van der Waals surface area contributed by atoms with Gasteiger partial charge < -0.3 is 15.0 Å². The summed E-state index contributed by atoms with van der Waals surface area (Å²) >= 11 is 0. The van der Waals surface area contributed by atoms with Gasteiger partial charge in [0.2, 0.25) is 11.8 Å². The molecule has 1 N–H and O–H groups in total. The number of nitrogens with one attached hydrogen (secondary N) is 1. The fourth-order valence-corrected chi connectivity index (χ4v) is 2.62. The molecule has 0 aliphatic carbocycles. The van der Waals surface area contributed by atoms with Gasteiger partial charge in [0.25, 0.3) is 0 Å². The summed E-state index contributed by atoms with van der Waals surface area (Å²) in [7, 11) is 0. The molecule has 5 nitrogen and oxygen atoms in total. The van der Waals surface area contributed by atoms with Gasteiger partial charge in [-0.15, -0.1) is 0 Å². The first-order chi connectivity index (χ1) is 11.0. The Morgan fingerprint density at radius 1 is 1.39 bits per heavy atom. The number of hydrogen-bond acceptors (Lipinski definition) is 3. The van der Waals surface area contributed by atoms with Crippen LogP contribution in [0.15, 0.2) is 24.3 Å². The van der Waals surface area contributed by atoms with Gasteiger partial charge in [-0.25, -0.2) is 4.39 Å². The second-order valence-electron chi connectivity index (χ2n) is 5.83. The summed E-state index contributed by atoms with van der Waals surface area (Å²) in [6, 6.07) is 5.31. The number of rotatable bonds is 6. The zero-order chi connectivity index (χ0) is 16.8. The van der Waals surface area contributed by atoms with Crippen molar-refractivity contribution < 1.29 is 18.7 Å². The Labute approximate surface area is 135 Å². The molecule has 0 saturated carbocycles. The van der Waals surface area contributed by atoms with E-state index in [9.17, 15) is 14.0 Å². The van der Waals surface area contributed by atoms with E-state index in [1.807, 2.05) is 0 Å². The Hall–Kier alpha value is -1.95. The van der Waals surface area contributed by atoms with Crippen molar-refractivity contribution in [3.63, 3.8) is 0 Å². The zero-order valence-electron chi connectivity index (χ0n) is 13.5. The average molecular weight is 322 g/mol. The summed E-state index contributed by atoms with van der Waals surface area (Å²) < 4.78 is 18.4. The third-order valence-electron chi connectivity index (χ3n) is 4.05. The number of nitrogens with zero attached hydrogens (tertiary/aromatic N) is 1. The molecule has 0 aromatic heterocycles. The highest BCUT2D eigenvalue weighted by atomic mass is 19.1. The van der Waals surface area contributed by atoms with Crippen molar-refractivity contribution >= 4 is 11.8 Å². The van der Waals surface area contributed by atoms with Gasteiger partial charge in [0, 0.05) is 26.6 Å². The molecular weight excluding hydrogens is 299 g/mol. The Bertz CT molecular complexity index is 541. The zero-order valence-corrected chi connectivity index (χ0v) is 13.5. The Morgan fingerprint density at radius 2 is 2.09 bits per heavy atom. The second-order valence-corrected chi connectivity index (χ2v) is 5.83. The maximum Gasteiger partial charge on any atom is 0.242 e. The molecule has 0 radical (unpaired) electrons. The van der Waals surface area contributed by atoms with E-state index in [1.54, 1.807) is 19.1 Å². The van der Waals surface area contributed by atoms with E-state index in [-0.39, 0.29) is 30.3 Å². The van der Waals surface area contributed by atoms with Crippen molar-refractivity contribution in [2.24, 2.45) is 0 Å². The number of halogens is 1. The minimum Gasteiger partial charge on any atom is -0.376 e. The molecule has 2 amide bonds. The van der Waals surface area contributed by atoms with Crippen LogP contribution in [0.3, 0.4) is 0 Å². The first-order valence-corrected chi connectivity index (χ1v) is 7.88. The van der Waals surface area contributed by atoms with Crippen LogP contribution in [0.2, 0.25) is 0 Å². The van der Waals surface area contributed by atoms with E-state index in [1.165, 1.54) is 24.0 Å². The van der Waals surface area contributed by atoms with Gasteiger partial charge in [-0.1, -0.05) is 12.1 Å². The lowest BCUT2D eigenvalue weighted by molar-refractivity contribution is -0.139. The smallest absolute Gasteiger partial charge is 0.242 e. The fourth-order valence-electron chi connectivity index (χ4n) is 2.62. The van der Waals surface area contributed by atoms with Gasteiger partial charge in [-0.2, -0.15) is 0 Å². The van der Waals surface area contributed by atoms with Gasteiger partial charge >= 0.3 is 0 Å². The summed E-state index contributed by atoms with van der Waals surface area (Å²) in [6.07, 6.45) is 2.02. The summed E-state index contributed by atoms with van der Waals surface area (Å²) in [5.74, 6) is -0.739. The third-order valence-corrected chi connectivity index (χ3v) is 4.05. The minimum atomic E-state index is -0.598. The summed E-state index contributed by atoms with van der Waals surface area (Å²) in [5, 5.41) is 2.84. The van der Waals surface area contributed by atoms with Crippen LogP contribution in [-0.4, -0.2) is 42.0 Å². The van der Waals surface area contributed by atoms with Gasteiger partial charge in [0.15, 0.2) is 0 Å². The van der Waals surface area contributed by atoms with Crippen molar-refractivity contribution in [3.05, 3.63) is 35.6 Å². The molecule has 0 spiro atoms. The molecule has 2 rings (SSSR count). The van der Waals surface area contributed by atoms with Gasteiger partial charge in [0.05, 0.1) is 6.10 Å². The highest BCUT2D eigenvalue weighted by molar-refractivity contribution is 5.86. The van der Waals surface area contributed by atoms with E-state index in [0.717, 1.165) is 25.0 Å². The molecule has 1 aliphatic heterocycles. The van der Waals surface area contributed by atoms with Crippen LogP contribution >= 0.6 is 0 Å². The van der Waals surface area contributed by atoms with Crippen LogP contribution < -0.4 is 5.32 Å². The summed E-state index contributed by atoms with van der Waals surface area (Å²) in [4.78, 5) is 25.6. The molecule has 1 aromatic rings. The fraction of sp³-hybridized carbons (Fsp3) is 0.529. The van der Waals surface area contributed by atoms with E-state index in [0.29, 0.717) is 6.54 Å². The lowest BCUT2D eigenvalue weighted by Gasteiger charge is -2.28. The highest BCUT2D eigenvalue weighted by Gasteiger charge is 2.25. The SMILES string of the molecule is CC(=O)N(Cc1ccc(F)cc1)[C@@H](C)C(=O)NC[C@@H]1CCCO1. The third kappa shape index (κ3) is 5.03. The molecule has 1 aliphatic rings. The van der Waals surface area contributed by atoms with Crippen molar-refractivity contribution in [2.75, 3.05) is 13.2 Å². The quantitative estimate of drug-likeness (QED) is 0.870. The minimum absolute atomic E-state index is 0.0639.